The van der Waals surface area contributed by atoms with Gasteiger partial charge in [0.15, 0.2) is 0 Å². The van der Waals surface area contributed by atoms with Gasteiger partial charge in [-0.1, -0.05) is 0 Å². The Morgan fingerprint density at radius 3 is 2.11 bits per heavy atom. The van der Waals surface area contributed by atoms with Crippen LogP contribution in [-0.4, -0.2) is 7.05 Å². The van der Waals surface area contributed by atoms with E-state index in [0.717, 1.165) is 17.4 Å². The summed E-state index contributed by atoms with van der Waals surface area (Å²) in [6.45, 7) is 3.79. The maximum atomic E-state index is 13.2. The van der Waals surface area contributed by atoms with Crippen molar-refractivity contribution in [1.82, 2.24) is 5.32 Å². The number of hydrogen-bond donors (Lipinski definition) is 1. The lowest BCUT2D eigenvalue weighted by Gasteiger charge is -2.14. The van der Waals surface area contributed by atoms with E-state index in [9.17, 15) is 8.78 Å². The molecule has 0 aliphatic carbocycles. The van der Waals surface area contributed by atoms with Crippen LogP contribution in [0.15, 0.2) is 28.7 Å². The SMILES string of the molecule is CNC(c1cc(F)cc(F)c1)c1cc(C)c(C)o1. The highest BCUT2D eigenvalue weighted by atomic mass is 19.1. The molecule has 2 rings (SSSR count). The molecule has 0 fully saturated rings. The molecule has 0 bridgehead atoms. The first kappa shape index (κ1) is 12.8. The van der Waals surface area contributed by atoms with Gasteiger partial charge in [-0.3, -0.25) is 0 Å². The van der Waals surface area contributed by atoms with Crippen LogP contribution in [0.4, 0.5) is 8.78 Å². The fourth-order valence-electron chi connectivity index (χ4n) is 1.96. The van der Waals surface area contributed by atoms with Crippen molar-refractivity contribution in [1.29, 1.82) is 0 Å². The van der Waals surface area contributed by atoms with E-state index in [1.807, 2.05) is 19.9 Å². The Bertz CT molecular complexity index is 523. The third-order valence-electron chi connectivity index (χ3n) is 2.98. The predicted octanol–water partition coefficient (Wildman–Crippen LogP) is 3.48. The van der Waals surface area contributed by atoms with Crippen molar-refractivity contribution in [2.45, 2.75) is 19.9 Å². The third kappa shape index (κ3) is 2.43. The summed E-state index contributed by atoms with van der Waals surface area (Å²) in [5.41, 5.74) is 1.52. The quantitative estimate of drug-likeness (QED) is 0.903. The highest BCUT2D eigenvalue weighted by Gasteiger charge is 2.18. The van der Waals surface area contributed by atoms with Crippen molar-refractivity contribution in [2.24, 2.45) is 0 Å². The van der Waals surface area contributed by atoms with Gasteiger partial charge < -0.3 is 9.73 Å². The molecule has 2 nitrogen and oxygen atoms in total. The number of rotatable bonds is 3. The van der Waals surface area contributed by atoms with Crippen molar-refractivity contribution in [3.8, 4) is 0 Å². The Kier molecular flexibility index (Phi) is 3.48. The van der Waals surface area contributed by atoms with Crippen LogP contribution in [0.25, 0.3) is 0 Å². The molecule has 0 saturated heterocycles. The molecule has 0 spiro atoms. The molecule has 0 aliphatic heterocycles. The van der Waals surface area contributed by atoms with E-state index in [1.54, 1.807) is 7.05 Å². The molecule has 1 heterocycles. The van der Waals surface area contributed by atoms with Gasteiger partial charge >= 0.3 is 0 Å². The van der Waals surface area contributed by atoms with E-state index in [0.29, 0.717) is 11.3 Å². The van der Waals surface area contributed by atoms with E-state index >= 15 is 0 Å². The minimum Gasteiger partial charge on any atom is -0.464 e. The van der Waals surface area contributed by atoms with E-state index < -0.39 is 11.6 Å². The zero-order chi connectivity index (χ0) is 13.3. The van der Waals surface area contributed by atoms with Gasteiger partial charge in [0.2, 0.25) is 0 Å². The lowest BCUT2D eigenvalue weighted by Crippen LogP contribution is -2.17. The average Bonchev–Trinajstić information content (AvgIpc) is 2.58. The van der Waals surface area contributed by atoms with Crippen molar-refractivity contribution >= 4 is 0 Å². The van der Waals surface area contributed by atoms with E-state index in [-0.39, 0.29) is 6.04 Å². The maximum Gasteiger partial charge on any atom is 0.126 e. The molecule has 1 unspecified atom stereocenters. The molecular formula is C14H15F2NO. The summed E-state index contributed by atoms with van der Waals surface area (Å²) in [5, 5.41) is 3.00. The molecule has 1 aromatic carbocycles. The summed E-state index contributed by atoms with van der Waals surface area (Å²) >= 11 is 0. The highest BCUT2D eigenvalue weighted by molar-refractivity contribution is 5.31. The van der Waals surface area contributed by atoms with Gasteiger partial charge in [0.1, 0.15) is 23.2 Å². The first-order chi connectivity index (χ1) is 8.51. The highest BCUT2D eigenvalue weighted by Crippen LogP contribution is 2.26. The van der Waals surface area contributed by atoms with E-state index in [2.05, 4.69) is 5.32 Å². The van der Waals surface area contributed by atoms with Crippen molar-refractivity contribution in [2.75, 3.05) is 7.05 Å². The van der Waals surface area contributed by atoms with Crippen LogP contribution in [0.5, 0.6) is 0 Å². The normalized spacial score (nSPS) is 12.7. The number of nitrogens with one attached hydrogen (secondary N) is 1. The van der Waals surface area contributed by atoms with Crippen LogP contribution >= 0.6 is 0 Å². The molecular weight excluding hydrogens is 236 g/mol. The monoisotopic (exact) mass is 251 g/mol. The standard InChI is InChI=1S/C14H15F2NO/c1-8-4-13(18-9(8)2)14(17-3)10-5-11(15)7-12(16)6-10/h4-7,14,17H,1-3H3. The predicted molar refractivity (Wildman–Crippen MR) is 65.4 cm³/mol. The molecule has 0 saturated carbocycles. The summed E-state index contributed by atoms with van der Waals surface area (Å²) in [5.74, 6) is 0.273. The first-order valence-corrected chi connectivity index (χ1v) is 5.71. The van der Waals surface area contributed by atoms with Gasteiger partial charge in [0.05, 0.1) is 6.04 Å². The number of benzene rings is 1. The molecule has 18 heavy (non-hydrogen) atoms. The van der Waals surface area contributed by atoms with Gasteiger partial charge in [-0.25, -0.2) is 8.78 Å². The first-order valence-electron chi connectivity index (χ1n) is 5.71. The number of aryl methyl sites for hydroxylation is 2. The summed E-state index contributed by atoms with van der Waals surface area (Å²) in [4.78, 5) is 0. The lowest BCUT2D eigenvalue weighted by atomic mass is 10.0. The smallest absolute Gasteiger partial charge is 0.126 e. The molecule has 2 aromatic rings. The lowest BCUT2D eigenvalue weighted by molar-refractivity contribution is 0.441. The van der Waals surface area contributed by atoms with Gasteiger partial charge in [0, 0.05) is 6.07 Å². The van der Waals surface area contributed by atoms with Crippen molar-refractivity contribution in [3.63, 3.8) is 0 Å². The fraction of sp³-hybridized carbons (Fsp3) is 0.286. The van der Waals surface area contributed by atoms with Gasteiger partial charge in [-0.2, -0.15) is 0 Å². The van der Waals surface area contributed by atoms with Gasteiger partial charge in [-0.05, 0) is 50.2 Å². The second-order valence-electron chi connectivity index (χ2n) is 4.31. The van der Waals surface area contributed by atoms with Crippen molar-refractivity contribution in [3.05, 3.63) is 58.5 Å². The second-order valence-corrected chi connectivity index (χ2v) is 4.31. The van der Waals surface area contributed by atoms with Crippen LogP contribution in [0.3, 0.4) is 0 Å². The minimum atomic E-state index is -0.592. The van der Waals surface area contributed by atoms with Gasteiger partial charge in [-0.15, -0.1) is 0 Å². The van der Waals surface area contributed by atoms with E-state index in [4.69, 9.17) is 4.42 Å². The average molecular weight is 251 g/mol. The Morgan fingerprint density at radius 2 is 1.67 bits per heavy atom. The van der Waals surface area contributed by atoms with Crippen LogP contribution in [0.2, 0.25) is 0 Å². The van der Waals surface area contributed by atoms with Crippen molar-refractivity contribution < 1.29 is 13.2 Å². The zero-order valence-electron chi connectivity index (χ0n) is 10.6. The molecule has 96 valence electrons. The summed E-state index contributed by atoms with van der Waals surface area (Å²) in [6, 6.07) is 4.98. The minimum absolute atomic E-state index is 0.359. The van der Waals surface area contributed by atoms with Crippen LogP contribution in [0.1, 0.15) is 28.7 Å². The van der Waals surface area contributed by atoms with Crippen LogP contribution in [0, 0.1) is 25.5 Å². The number of hydrogen-bond acceptors (Lipinski definition) is 2. The molecule has 0 aliphatic rings. The Hall–Kier alpha value is -1.68. The molecule has 1 aromatic heterocycles. The Labute approximate surface area is 105 Å². The molecule has 1 atom stereocenters. The van der Waals surface area contributed by atoms with Gasteiger partial charge in [0.25, 0.3) is 0 Å². The molecule has 0 amide bonds. The third-order valence-corrected chi connectivity index (χ3v) is 2.98. The molecule has 1 N–H and O–H groups in total. The maximum absolute atomic E-state index is 13.2. The second kappa shape index (κ2) is 4.90. The Morgan fingerprint density at radius 1 is 1.06 bits per heavy atom. The molecule has 0 radical (unpaired) electrons. The summed E-state index contributed by atoms with van der Waals surface area (Å²) < 4.78 is 32.0. The van der Waals surface area contributed by atoms with Crippen LogP contribution < -0.4 is 5.32 Å². The van der Waals surface area contributed by atoms with Crippen LogP contribution in [-0.2, 0) is 0 Å². The number of furan rings is 1. The number of halogens is 2. The summed E-state index contributed by atoms with van der Waals surface area (Å²) in [7, 11) is 1.72. The largest absolute Gasteiger partial charge is 0.464 e. The Balaban J connectivity index is 2.44. The summed E-state index contributed by atoms with van der Waals surface area (Å²) in [6.07, 6.45) is 0. The topological polar surface area (TPSA) is 25.2 Å². The molecule has 4 heteroatoms. The van der Waals surface area contributed by atoms with E-state index in [1.165, 1.54) is 12.1 Å². The zero-order valence-corrected chi connectivity index (χ0v) is 10.6. The fourth-order valence-corrected chi connectivity index (χ4v) is 1.96.